The van der Waals surface area contributed by atoms with Gasteiger partial charge in [-0.25, -0.2) is 17.6 Å². The summed E-state index contributed by atoms with van der Waals surface area (Å²) in [5, 5.41) is 7.18. The first-order valence-corrected chi connectivity index (χ1v) is 8.80. The molecule has 146 valence electrons. The Morgan fingerprint density at radius 3 is 2.54 bits per heavy atom. The second-order valence-electron chi connectivity index (χ2n) is 6.41. The Morgan fingerprint density at radius 2 is 1.93 bits per heavy atom. The highest BCUT2D eigenvalue weighted by atomic mass is 19.3. The summed E-state index contributed by atoms with van der Waals surface area (Å²) in [5.41, 5.74) is 2.05. The minimum Gasteiger partial charge on any atom is -0.341 e. The maximum absolute atomic E-state index is 14.7. The molecule has 1 heterocycles. The lowest BCUT2D eigenvalue weighted by molar-refractivity contribution is 0.224. The zero-order valence-corrected chi connectivity index (χ0v) is 15.3. The molecule has 28 heavy (non-hydrogen) atoms. The van der Waals surface area contributed by atoms with Crippen LogP contribution < -0.4 is 4.90 Å². The van der Waals surface area contributed by atoms with E-state index in [4.69, 9.17) is 0 Å². The lowest BCUT2D eigenvalue weighted by atomic mass is 10.0. The van der Waals surface area contributed by atoms with E-state index in [0.717, 1.165) is 0 Å². The van der Waals surface area contributed by atoms with Gasteiger partial charge in [0.15, 0.2) is 0 Å². The number of allylic oxidation sites excluding steroid dienone is 1. The smallest absolute Gasteiger partial charge is 0.278 e. The molecule has 0 N–H and O–H groups in total. The van der Waals surface area contributed by atoms with Crippen LogP contribution in [0.1, 0.15) is 30.9 Å². The lowest BCUT2D eigenvalue weighted by Gasteiger charge is -2.27. The van der Waals surface area contributed by atoms with E-state index < -0.39 is 18.1 Å². The van der Waals surface area contributed by atoms with Gasteiger partial charge in [0.25, 0.3) is 6.43 Å². The molecule has 0 aliphatic carbocycles. The van der Waals surface area contributed by atoms with Gasteiger partial charge >= 0.3 is 0 Å². The van der Waals surface area contributed by atoms with Crippen molar-refractivity contribution in [3.8, 4) is 0 Å². The molecular formula is C21H19F4N3. The molecule has 0 spiro atoms. The minimum absolute atomic E-state index is 0.0987. The largest absolute Gasteiger partial charge is 0.341 e. The second-order valence-corrected chi connectivity index (χ2v) is 6.41. The summed E-state index contributed by atoms with van der Waals surface area (Å²) in [6.45, 7) is 6.06. The molecule has 0 bridgehead atoms. The van der Waals surface area contributed by atoms with Gasteiger partial charge in [0.2, 0.25) is 0 Å². The maximum Gasteiger partial charge on any atom is 0.278 e. The fraction of sp³-hybridized carbons (Fsp3) is 0.238. The molecule has 0 unspecified atom stereocenters. The van der Waals surface area contributed by atoms with Crippen LogP contribution in [0.15, 0.2) is 64.9 Å². The summed E-state index contributed by atoms with van der Waals surface area (Å²) in [4.78, 5) is 1.74. The van der Waals surface area contributed by atoms with Crippen LogP contribution in [-0.2, 0) is 6.54 Å². The molecular weight excluding hydrogens is 370 g/mol. The molecule has 0 saturated carbocycles. The highest BCUT2D eigenvalue weighted by Gasteiger charge is 2.22. The van der Waals surface area contributed by atoms with E-state index >= 15 is 0 Å². The predicted octanol–water partition coefficient (Wildman–Crippen LogP) is 5.71. The van der Waals surface area contributed by atoms with Crippen LogP contribution in [0.2, 0.25) is 0 Å². The van der Waals surface area contributed by atoms with Crippen molar-refractivity contribution in [2.45, 2.75) is 32.7 Å². The number of hydrogen-bond acceptors (Lipinski definition) is 3. The Hall–Kier alpha value is -2.96. The predicted molar refractivity (Wildman–Crippen MR) is 103 cm³/mol. The summed E-state index contributed by atoms with van der Waals surface area (Å²) in [6.07, 6.45) is -2.16. The molecule has 2 aromatic rings. The van der Waals surface area contributed by atoms with Crippen LogP contribution in [0.25, 0.3) is 0 Å². The third-order valence-electron chi connectivity index (χ3n) is 4.52. The topological polar surface area (TPSA) is 28.0 Å². The van der Waals surface area contributed by atoms with E-state index in [2.05, 4.69) is 16.8 Å². The Balaban J connectivity index is 1.82. The molecule has 7 heteroatoms. The molecule has 0 amide bonds. The molecule has 0 radical (unpaired) electrons. The SMILES string of the molecule is C=C(CC)N(Cc1ccc(C2=NN=C(C(F)F)C2)cc1F)c1cccc(F)c1. The van der Waals surface area contributed by atoms with Gasteiger partial charge in [-0.05, 0) is 30.7 Å². The van der Waals surface area contributed by atoms with Crippen LogP contribution in [0.3, 0.4) is 0 Å². The van der Waals surface area contributed by atoms with E-state index in [0.29, 0.717) is 34.6 Å². The average molecular weight is 389 g/mol. The average Bonchev–Trinajstić information content (AvgIpc) is 3.17. The maximum atomic E-state index is 14.7. The number of anilines is 1. The first-order valence-electron chi connectivity index (χ1n) is 8.80. The van der Waals surface area contributed by atoms with Crippen LogP contribution >= 0.6 is 0 Å². The van der Waals surface area contributed by atoms with Crippen molar-refractivity contribution in [2.75, 3.05) is 4.90 Å². The summed E-state index contributed by atoms with van der Waals surface area (Å²) in [6, 6.07) is 10.5. The number of hydrogen-bond donors (Lipinski definition) is 0. The number of alkyl halides is 2. The molecule has 0 atom stereocenters. The normalized spacial score (nSPS) is 13.5. The molecule has 0 saturated heterocycles. The van der Waals surface area contributed by atoms with Gasteiger partial charge in [-0.3, -0.25) is 0 Å². The number of rotatable bonds is 7. The first-order chi connectivity index (χ1) is 13.4. The van der Waals surface area contributed by atoms with E-state index in [1.807, 2.05) is 6.92 Å². The summed E-state index contributed by atoms with van der Waals surface area (Å²) >= 11 is 0. The summed E-state index contributed by atoms with van der Waals surface area (Å²) in [5.74, 6) is -0.896. The number of halogens is 4. The van der Waals surface area contributed by atoms with Gasteiger partial charge in [0, 0.05) is 28.9 Å². The third kappa shape index (κ3) is 4.30. The highest BCUT2D eigenvalue weighted by Crippen LogP contribution is 2.26. The molecule has 1 aliphatic heterocycles. The summed E-state index contributed by atoms with van der Waals surface area (Å²) in [7, 11) is 0. The van der Waals surface area contributed by atoms with Crippen molar-refractivity contribution in [1.29, 1.82) is 0 Å². The monoisotopic (exact) mass is 389 g/mol. The Kier molecular flexibility index (Phi) is 5.92. The molecule has 0 aromatic heterocycles. The van der Waals surface area contributed by atoms with E-state index in [1.54, 1.807) is 29.2 Å². The van der Waals surface area contributed by atoms with Crippen molar-refractivity contribution < 1.29 is 17.6 Å². The zero-order valence-electron chi connectivity index (χ0n) is 15.3. The van der Waals surface area contributed by atoms with E-state index in [9.17, 15) is 17.6 Å². The third-order valence-corrected chi connectivity index (χ3v) is 4.52. The lowest BCUT2D eigenvalue weighted by Crippen LogP contribution is -2.22. The Labute approximate surface area is 160 Å². The summed E-state index contributed by atoms with van der Waals surface area (Å²) < 4.78 is 53.7. The molecule has 0 fully saturated rings. The van der Waals surface area contributed by atoms with Crippen molar-refractivity contribution in [3.05, 3.63) is 77.5 Å². The molecule has 2 aromatic carbocycles. The zero-order chi connectivity index (χ0) is 20.3. The van der Waals surface area contributed by atoms with Crippen LogP contribution in [0.4, 0.5) is 23.2 Å². The van der Waals surface area contributed by atoms with Gasteiger partial charge in [-0.15, -0.1) is 0 Å². The number of nitrogens with zero attached hydrogens (tertiary/aromatic N) is 3. The van der Waals surface area contributed by atoms with Crippen molar-refractivity contribution in [1.82, 2.24) is 0 Å². The minimum atomic E-state index is -2.68. The standard InChI is InChI=1S/C21H19F4N3/c1-3-13(2)28(17-6-4-5-16(22)10-17)12-15-8-7-14(9-18(15)23)19-11-20(21(24)25)27-26-19/h4-10,21H,2-3,11-12H2,1H3. The first kappa shape index (κ1) is 19.8. The number of benzene rings is 2. The fourth-order valence-electron chi connectivity index (χ4n) is 2.89. The molecule has 3 rings (SSSR count). The van der Waals surface area contributed by atoms with Crippen LogP contribution in [-0.4, -0.2) is 17.8 Å². The molecule has 3 nitrogen and oxygen atoms in total. The van der Waals surface area contributed by atoms with Gasteiger partial charge in [-0.1, -0.05) is 31.7 Å². The Bertz CT molecular complexity index is 950. The Morgan fingerprint density at radius 1 is 1.14 bits per heavy atom. The molecule has 1 aliphatic rings. The highest BCUT2D eigenvalue weighted by molar-refractivity contribution is 6.15. The fourth-order valence-corrected chi connectivity index (χ4v) is 2.89. The van der Waals surface area contributed by atoms with Crippen molar-refractivity contribution >= 4 is 17.1 Å². The van der Waals surface area contributed by atoms with Crippen molar-refractivity contribution in [3.63, 3.8) is 0 Å². The van der Waals surface area contributed by atoms with E-state index in [-0.39, 0.29) is 18.7 Å². The van der Waals surface area contributed by atoms with Gasteiger partial charge < -0.3 is 4.90 Å². The van der Waals surface area contributed by atoms with Gasteiger partial charge in [-0.2, -0.15) is 10.2 Å². The van der Waals surface area contributed by atoms with Gasteiger partial charge in [0.05, 0.1) is 12.3 Å². The van der Waals surface area contributed by atoms with Crippen molar-refractivity contribution in [2.24, 2.45) is 10.2 Å². The van der Waals surface area contributed by atoms with Crippen LogP contribution in [0, 0.1) is 11.6 Å². The second kappa shape index (κ2) is 8.37. The quantitative estimate of drug-likeness (QED) is 0.558. The van der Waals surface area contributed by atoms with E-state index in [1.165, 1.54) is 18.2 Å². The van der Waals surface area contributed by atoms with Gasteiger partial charge in [0.1, 0.15) is 17.3 Å². The van der Waals surface area contributed by atoms with Crippen LogP contribution in [0.5, 0.6) is 0 Å².